The Bertz CT molecular complexity index is 718. The van der Waals surface area contributed by atoms with Gasteiger partial charge in [0, 0.05) is 0 Å². The number of aryl methyl sites for hydroxylation is 1. The van der Waals surface area contributed by atoms with E-state index in [4.69, 9.17) is 10.5 Å². The number of nitrogens with two attached hydrogens (primary N) is 1. The number of para-hydroxylation sites is 2. The largest absolute Gasteiger partial charge is 0.486 e. The summed E-state index contributed by atoms with van der Waals surface area (Å²) in [7, 11) is 0. The standard InChI is InChI=1S/C17H18N2OS/c1-12-5-4-6-13(9-10-18)17(12)20-11-16-19-14-7-2-3-8-15(14)21-16/h2-8H,9-11,18H2,1H3. The number of fused-ring (bicyclic) bond motifs is 1. The Morgan fingerprint density at radius 1 is 1.14 bits per heavy atom. The third-order valence-corrected chi connectivity index (χ3v) is 4.40. The molecule has 0 radical (unpaired) electrons. The monoisotopic (exact) mass is 298 g/mol. The first-order chi connectivity index (χ1) is 10.3. The Morgan fingerprint density at radius 2 is 2.00 bits per heavy atom. The van der Waals surface area contributed by atoms with Gasteiger partial charge in [-0.25, -0.2) is 4.98 Å². The summed E-state index contributed by atoms with van der Waals surface area (Å²) in [5.41, 5.74) is 9.01. The predicted octanol–water partition coefficient (Wildman–Crippen LogP) is 3.68. The van der Waals surface area contributed by atoms with Crippen LogP contribution in [0.2, 0.25) is 0 Å². The molecule has 4 heteroatoms. The van der Waals surface area contributed by atoms with Gasteiger partial charge in [-0.15, -0.1) is 11.3 Å². The van der Waals surface area contributed by atoms with Crippen molar-refractivity contribution < 1.29 is 4.74 Å². The Labute approximate surface area is 128 Å². The molecule has 3 nitrogen and oxygen atoms in total. The van der Waals surface area contributed by atoms with E-state index in [0.29, 0.717) is 13.2 Å². The predicted molar refractivity (Wildman–Crippen MR) is 87.9 cm³/mol. The number of aromatic nitrogens is 1. The topological polar surface area (TPSA) is 48.1 Å². The van der Waals surface area contributed by atoms with Gasteiger partial charge in [-0.2, -0.15) is 0 Å². The molecule has 0 amide bonds. The first kappa shape index (κ1) is 14.0. The Morgan fingerprint density at radius 3 is 2.81 bits per heavy atom. The van der Waals surface area contributed by atoms with Gasteiger partial charge in [-0.3, -0.25) is 0 Å². The van der Waals surface area contributed by atoms with E-state index in [1.807, 2.05) is 24.3 Å². The van der Waals surface area contributed by atoms with E-state index in [-0.39, 0.29) is 0 Å². The highest BCUT2D eigenvalue weighted by atomic mass is 32.1. The van der Waals surface area contributed by atoms with Crippen molar-refractivity contribution in [2.45, 2.75) is 20.0 Å². The van der Waals surface area contributed by atoms with Crippen LogP contribution in [0.4, 0.5) is 0 Å². The van der Waals surface area contributed by atoms with Gasteiger partial charge in [-0.05, 0) is 43.1 Å². The maximum Gasteiger partial charge on any atom is 0.140 e. The molecule has 0 aliphatic heterocycles. The summed E-state index contributed by atoms with van der Waals surface area (Å²) >= 11 is 1.68. The molecule has 0 bridgehead atoms. The summed E-state index contributed by atoms with van der Waals surface area (Å²) in [6.45, 7) is 3.19. The number of hydrogen-bond donors (Lipinski definition) is 1. The Hall–Kier alpha value is -1.91. The maximum atomic E-state index is 6.03. The molecule has 0 aliphatic rings. The molecule has 3 aromatic rings. The van der Waals surface area contributed by atoms with Gasteiger partial charge in [0.05, 0.1) is 10.2 Å². The minimum atomic E-state index is 0.502. The third kappa shape index (κ3) is 3.06. The third-order valence-electron chi connectivity index (χ3n) is 3.39. The van der Waals surface area contributed by atoms with Crippen LogP contribution >= 0.6 is 11.3 Å². The highest BCUT2D eigenvalue weighted by Crippen LogP contribution is 2.27. The van der Waals surface area contributed by atoms with Crippen molar-refractivity contribution in [2.24, 2.45) is 5.73 Å². The molecule has 0 atom stereocenters. The second-order valence-corrected chi connectivity index (χ2v) is 6.08. The van der Waals surface area contributed by atoms with E-state index in [2.05, 4.69) is 30.1 Å². The van der Waals surface area contributed by atoms with E-state index in [9.17, 15) is 0 Å². The van der Waals surface area contributed by atoms with Gasteiger partial charge in [0.25, 0.3) is 0 Å². The molecule has 108 valence electrons. The van der Waals surface area contributed by atoms with Crippen molar-refractivity contribution in [1.29, 1.82) is 0 Å². The van der Waals surface area contributed by atoms with Crippen LogP contribution in [-0.4, -0.2) is 11.5 Å². The number of nitrogens with zero attached hydrogens (tertiary/aromatic N) is 1. The normalized spacial score (nSPS) is 11.0. The molecular weight excluding hydrogens is 280 g/mol. The summed E-state index contributed by atoms with van der Waals surface area (Å²) in [4.78, 5) is 4.60. The minimum absolute atomic E-state index is 0.502. The lowest BCUT2D eigenvalue weighted by atomic mass is 10.1. The second kappa shape index (κ2) is 6.24. The zero-order chi connectivity index (χ0) is 14.7. The van der Waals surface area contributed by atoms with Crippen LogP contribution in [0.15, 0.2) is 42.5 Å². The smallest absolute Gasteiger partial charge is 0.140 e. The first-order valence-electron chi connectivity index (χ1n) is 7.03. The van der Waals surface area contributed by atoms with Gasteiger partial charge in [0.1, 0.15) is 17.4 Å². The van der Waals surface area contributed by atoms with Crippen molar-refractivity contribution in [3.8, 4) is 5.75 Å². The molecule has 0 saturated carbocycles. The molecule has 0 fully saturated rings. The van der Waals surface area contributed by atoms with E-state index >= 15 is 0 Å². The molecule has 1 heterocycles. The van der Waals surface area contributed by atoms with Gasteiger partial charge >= 0.3 is 0 Å². The lowest BCUT2D eigenvalue weighted by Gasteiger charge is -2.12. The van der Waals surface area contributed by atoms with Crippen molar-refractivity contribution in [3.05, 3.63) is 58.6 Å². The number of ether oxygens (including phenoxy) is 1. The van der Waals surface area contributed by atoms with Crippen LogP contribution in [0, 0.1) is 6.92 Å². The zero-order valence-corrected chi connectivity index (χ0v) is 12.8. The van der Waals surface area contributed by atoms with Crippen LogP contribution in [-0.2, 0) is 13.0 Å². The Kier molecular flexibility index (Phi) is 4.18. The molecule has 2 N–H and O–H groups in total. The molecular formula is C17H18N2OS. The Balaban J connectivity index is 1.81. The molecule has 0 aliphatic carbocycles. The number of rotatable bonds is 5. The van der Waals surface area contributed by atoms with Crippen molar-refractivity contribution in [2.75, 3.05) is 6.54 Å². The summed E-state index contributed by atoms with van der Waals surface area (Å²) in [6, 6.07) is 14.3. The fraction of sp³-hybridized carbons (Fsp3) is 0.235. The van der Waals surface area contributed by atoms with Crippen molar-refractivity contribution in [1.82, 2.24) is 4.98 Å². The lowest BCUT2D eigenvalue weighted by molar-refractivity contribution is 0.300. The number of thiazole rings is 1. The van der Waals surface area contributed by atoms with Crippen LogP contribution in [0.25, 0.3) is 10.2 Å². The van der Waals surface area contributed by atoms with E-state index < -0.39 is 0 Å². The number of hydrogen-bond acceptors (Lipinski definition) is 4. The van der Waals surface area contributed by atoms with Crippen molar-refractivity contribution in [3.63, 3.8) is 0 Å². The first-order valence-corrected chi connectivity index (χ1v) is 7.85. The molecule has 21 heavy (non-hydrogen) atoms. The average molecular weight is 298 g/mol. The maximum absolute atomic E-state index is 6.03. The second-order valence-electron chi connectivity index (χ2n) is 4.97. The molecule has 1 aromatic heterocycles. The quantitative estimate of drug-likeness (QED) is 0.781. The molecule has 2 aromatic carbocycles. The summed E-state index contributed by atoms with van der Waals surface area (Å²) in [5.74, 6) is 0.946. The van der Waals surface area contributed by atoms with Gasteiger partial charge < -0.3 is 10.5 Å². The molecule has 0 unspecified atom stereocenters. The summed E-state index contributed by atoms with van der Waals surface area (Å²) < 4.78 is 7.23. The van der Waals surface area contributed by atoms with E-state index in [1.165, 1.54) is 10.3 Å². The van der Waals surface area contributed by atoms with E-state index in [0.717, 1.165) is 28.3 Å². The summed E-state index contributed by atoms with van der Waals surface area (Å²) in [5, 5.41) is 0.998. The molecule has 0 spiro atoms. The summed E-state index contributed by atoms with van der Waals surface area (Å²) in [6.07, 6.45) is 0.830. The fourth-order valence-electron chi connectivity index (χ4n) is 2.39. The van der Waals surface area contributed by atoms with Crippen LogP contribution < -0.4 is 10.5 Å². The van der Waals surface area contributed by atoms with Crippen LogP contribution in [0.3, 0.4) is 0 Å². The molecule has 0 saturated heterocycles. The lowest BCUT2D eigenvalue weighted by Crippen LogP contribution is -2.06. The van der Waals surface area contributed by atoms with Crippen LogP contribution in [0.1, 0.15) is 16.1 Å². The van der Waals surface area contributed by atoms with Crippen molar-refractivity contribution >= 4 is 21.6 Å². The van der Waals surface area contributed by atoms with Crippen LogP contribution in [0.5, 0.6) is 5.75 Å². The SMILES string of the molecule is Cc1cccc(CCN)c1OCc1nc2ccccc2s1. The molecule has 3 rings (SSSR count). The van der Waals surface area contributed by atoms with Gasteiger partial charge in [0.2, 0.25) is 0 Å². The number of benzene rings is 2. The fourth-order valence-corrected chi connectivity index (χ4v) is 3.27. The average Bonchev–Trinajstić information content (AvgIpc) is 2.90. The minimum Gasteiger partial charge on any atom is -0.486 e. The highest BCUT2D eigenvalue weighted by molar-refractivity contribution is 7.18. The highest BCUT2D eigenvalue weighted by Gasteiger charge is 2.09. The van der Waals surface area contributed by atoms with E-state index in [1.54, 1.807) is 11.3 Å². The zero-order valence-electron chi connectivity index (χ0n) is 12.0. The van der Waals surface area contributed by atoms with Gasteiger partial charge in [-0.1, -0.05) is 30.3 Å². The van der Waals surface area contributed by atoms with Gasteiger partial charge in [0.15, 0.2) is 0 Å².